The Labute approximate surface area is 131 Å². The van der Waals surface area contributed by atoms with Gasteiger partial charge in [0.15, 0.2) is 0 Å². The molecule has 0 saturated carbocycles. The van der Waals surface area contributed by atoms with E-state index in [1.807, 2.05) is 26.0 Å². The van der Waals surface area contributed by atoms with E-state index in [2.05, 4.69) is 15.0 Å². The molecule has 2 N–H and O–H groups in total. The molecule has 118 valence electrons. The van der Waals surface area contributed by atoms with Crippen molar-refractivity contribution in [2.45, 2.75) is 37.1 Å². The number of fused-ring (bicyclic) bond motifs is 1. The summed E-state index contributed by atoms with van der Waals surface area (Å²) >= 11 is 0. The second-order valence-corrected chi connectivity index (χ2v) is 7.85. The minimum Gasteiger partial charge on any atom is -0.317 e. The molecule has 1 aromatic carbocycles. The van der Waals surface area contributed by atoms with Crippen LogP contribution in [0.2, 0.25) is 0 Å². The third-order valence-electron chi connectivity index (χ3n) is 4.31. The highest BCUT2D eigenvalue weighted by Gasteiger charge is 2.32. The Morgan fingerprint density at radius 2 is 1.95 bits per heavy atom. The van der Waals surface area contributed by atoms with Gasteiger partial charge in [-0.1, -0.05) is 6.07 Å². The van der Waals surface area contributed by atoms with E-state index in [-0.39, 0.29) is 0 Å². The van der Waals surface area contributed by atoms with E-state index in [0.29, 0.717) is 10.3 Å². The number of aromatic nitrogens is 1. The molecule has 0 bridgehead atoms. The molecule has 0 aliphatic carbocycles. The molecule has 1 aromatic heterocycles. The van der Waals surface area contributed by atoms with E-state index in [9.17, 15) is 8.42 Å². The lowest BCUT2D eigenvalue weighted by atomic mass is 9.92. The van der Waals surface area contributed by atoms with Crippen molar-refractivity contribution in [1.82, 2.24) is 15.0 Å². The molecule has 0 atom stereocenters. The van der Waals surface area contributed by atoms with E-state index < -0.39 is 15.6 Å². The molecule has 0 radical (unpaired) electrons. The largest absolute Gasteiger partial charge is 0.317 e. The number of piperidine rings is 1. The number of hydrogen-bond acceptors (Lipinski definition) is 4. The van der Waals surface area contributed by atoms with Crippen LogP contribution in [0.3, 0.4) is 0 Å². The van der Waals surface area contributed by atoms with Crippen molar-refractivity contribution >= 4 is 20.9 Å². The summed E-state index contributed by atoms with van der Waals surface area (Å²) < 4.78 is 28.6. The molecule has 0 unspecified atom stereocenters. The van der Waals surface area contributed by atoms with Gasteiger partial charge in [0, 0.05) is 17.1 Å². The predicted octanol–water partition coefficient (Wildman–Crippen LogP) is 1.96. The van der Waals surface area contributed by atoms with Gasteiger partial charge < -0.3 is 5.32 Å². The molecule has 3 rings (SSSR count). The maximum absolute atomic E-state index is 12.9. The maximum Gasteiger partial charge on any atom is 0.241 e. The average Bonchev–Trinajstić information content (AvgIpc) is 2.47. The van der Waals surface area contributed by atoms with Crippen LogP contribution < -0.4 is 10.0 Å². The van der Waals surface area contributed by atoms with E-state index >= 15 is 0 Å². The van der Waals surface area contributed by atoms with Gasteiger partial charge in [0.05, 0.1) is 10.4 Å². The van der Waals surface area contributed by atoms with Gasteiger partial charge >= 0.3 is 0 Å². The minimum atomic E-state index is -3.58. The second kappa shape index (κ2) is 5.61. The number of rotatable bonds is 3. The minimum absolute atomic E-state index is 0.306. The van der Waals surface area contributed by atoms with Crippen molar-refractivity contribution in [3.05, 3.63) is 36.0 Å². The topological polar surface area (TPSA) is 71.1 Å². The molecule has 1 aliphatic rings. The van der Waals surface area contributed by atoms with Crippen LogP contribution in [0.1, 0.15) is 25.3 Å². The Kier molecular flexibility index (Phi) is 3.92. The lowest BCUT2D eigenvalue weighted by molar-refractivity contribution is 0.308. The van der Waals surface area contributed by atoms with Crippen LogP contribution in [0, 0.1) is 6.92 Å². The van der Waals surface area contributed by atoms with Gasteiger partial charge in [0.25, 0.3) is 0 Å². The lowest BCUT2D eigenvalue weighted by Gasteiger charge is -2.34. The highest BCUT2D eigenvalue weighted by molar-refractivity contribution is 7.89. The summed E-state index contributed by atoms with van der Waals surface area (Å²) in [4.78, 5) is 4.62. The molecule has 2 aromatic rings. The first-order valence-corrected chi connectivity index (χ1v) is 8.99. The molecule has 1 aliphatic heterocycles. The quantitative estimate of drug-likeness (QED) is 0.907. The molecule has 0 spiro atoms. The molecule has 5 nitrogen and oxygen atoms in total. The van der Waals surface area contributed by atoms with Crippen LogP contribution in [-0.4, -0.2) is 32.0 Å². The first-order valence-electron chi connectivity index (χ1n) is 7.50. The number of benzene rings is 1. The van der Waals surface area contributed by atoms with E-state index in [1.54, 1.807) is 18.3 Å². The fraction of sp³-hybridized carbons (Fsp3) is 0.438. The summed E-state index contributed by atoms with van der Waals surface area (Å²) in [5.74, 6) is 0. The summed E-state index contributed by atoms with van der Waals surface area (Å²) in [6.07, 6.45) is 3.26. The molecular formula is C16H21N3O2S. The number of pyridine rings is 1. The van der Waals surface area contributed by atoms with Crippen molar-refractivity contribution in [1.29, 1.82) is 0 Å². The van der Waals surface area contributed by atoms with Crippen molar-refractivity contribution < 1.29 is 8.42 Å². The monoisotopic (exact) mass is 319 g/mol. The highest BCUT2D eigenvalue weighted by Crippen LogP contribution is 2.27. The Balaban J connectivity index is 2.04. The van der Waals surface area contributed by atoms with Gasteiger partial charge in [-0.05, 0) is 63.5 Å². The molecule has 2 heterocycles. The van der Waals surface area contributed by atoms with E-state index in [1.165, 1.54) is 0 Å². The number of hydrogen-bond donors (Lipinski definition) is 2. The maximum atomic E-state index is 12.9. The molecular weight excluding hydrogens is 298 g/mol. The fourth-order valence-corrected chi connectivity index (χ4v) is 4.65. The molecule has 1 fully saturated rings. The zero-order valence-corrected chi connectivity index (χ0v) is 13.7. The number of nitrogens with zero attached hydrogens (tertiary/aromatic N) is 1. The number of nitrogens with one attached hydrogen (secondary N) is 2. The van der Waals surface area contributed by atoms with Crippen LogP contribution in [0.4, 0.5) is 0 Å². The van der Waals surface area contributed by atoms with Gasteiger partial charge in [-0.3, -0.25) is 4.98 Å². The first kappa shape index (κ1) is 15.4. The normalized spacial score (nSPS) is 18.5. The van der Waals surface area contributed by atoms with Crippen molar-refractivity contribution in [2.24, 2.45) is 0 Å². The second-order valence-electron chi connectivity index (χ2n) is 6.20. The zero-order chi connectivity index (χ0) is 15.8. The summed E-state index contributed by atoms with van der Waals surface area (Å²) in [7, 11) is -3.58. The highest BCUT2D eigenvalue weighted by atomic mass is 32.2. The Hall–Kier alpha value is -1.50. The number of sulfonamides is 1. The van der Waals surface area contributed by atoms with Gasteiger partial charge in [-0.15, -0.1) is 0 Å². The van der Waals surface area contributed by atoms with Crippen LogP contribution in [0.15, 0.2) is 35.4 Å². The Morgan fingerprint density at radius 1 is 1.23 bits per heavy atom. The van der Waals surface area contributed by atoms with Crippen molar-refractivity contribution in [2.75, 3.05) is 13.1 Å². The fourth-order valence-electron chi connectivity index (χ4n) is 2.98. The average molecular weight is 319 g/mol. The van der Waals surface area contributed by atoms with Gasteiger partial charge in [-0.25, -0.2) is 13.1 Å². The smallest absolute Gasteiger partial charge is 0.241 e. The standard InChI is InChI=1S/C16H21N3O2S/c1-12-5-6-14(13-4-3-9-18-15(12)13)22(20,21)19-16(2)7-10-17-11-8-16/h3-6,9,17,19H,7-8,10-11H2,1-2H3. The molecule has 1 saturated heterocycles. The summed E-state index contributed by atoms with van der Waals surface area (Å²) in [5.41, 5.74) is 1.31. The van der Waals surface area contributed by atoms with Gasteiger partial charge in [0.1, 0.15) is 0 Å². The number of aryl methyl sites for hydroxylation is 1. The Morgan fingerprint density at radius 3 is 2.68 bits per heavy atom. The van der Waals surface area contributed by atoms with Crippen molar-refractivity contribution in [3.63, 3.8) is 0 Å². The van der Waals surface area contributed by atoms with Crippen LogP contribution >= 0.6 is 0 Å². The summed E-state index contributed by atoms with van der Waals surface area (Å²) in [6.45, 7) is 5.57. The van der Waals surface area contributed by atoms with Crippen LogP contribution in [0.25, 0.3) is 10.9 Å². The molecule has 0 amide bonds. The molecule has 22 heavy (non-hydrogen) atoms. The van der Waals surface area contributed by atoms with Crippen molar-refractivity contribution in [3.8, 4) is 0 Å². The molecule has 6 heteroatoms. The van der Waals surface area contributed by atoms with Crippen LogP contribution in [-0.2, 0) is 10.0 Å². The predicted molar refractivity (Wildman–Crippen MR) is 87.3 cm³/mol. The van der Waals surface area contributed by atoms with Crippen LogP contribution in [0.5, 0.6) is 0 Å². The zero-order valence-electron chi connectivity index (χ0n) is 12.9. The van der Waals surface area contributed by atoms with Gasteiger partial charge in [0.2, 0.25) is 10.0 Å². The van der Waals surface area contributed by atoms with E-state index in [0.717, 1.165) is 37.0 Å². The van der Waals surface area contributed by atoms with E-state index in [4.69, 9.17) is 0 Å². The summed E-state index contributed by atoms with van der Waals surface area (Å²) in [5, 5.41) is 3.93. The lowest BCUT2D eigenvalue weighted by Crippen LogP contribution is -2.52. The first-order chi connectivity index (χ1) is 10.4. The summed E-state index contributed by atoms with van der Waals surface area (Å²) in [6, 6.07) is 7.07. The van der Waals surface area contributed by atoms with Gasteiger partial charge in [-0.2, -0.15) is 0 Å². The third kappa shape index (κ3) is 2.86. The Bertz CT molecular complexity index is 796. The SMILES string of the molecule is Cc1ccc(S(=O)(=O)NC2(C)CCNCC2)c2cccnc12. The third-order valence-corrected chi connectivity index (χ3v) is 6.01.